The van der Waals surface area contributed by atoms with Crippen LogP contribution in [0, 0.1) is 0 Å². The monoisotopic (exact) mass is 467 g/mol. The van der Waals surface area contributed by atoms with Crippen LogP contribution in [0.3, 0.4) is 0 Å². The van der Waals surface area contributed by atoms with Crippen LogP contribution in [0.4, 0.5) is 10.8 Å². The van der Waals surface area contributed by atoms with Gasteiger partial charge in [0, 0.05) is 15.5 Å². The zero-order valence-electron chi connectivity index (χ0n) is 14.0. The molecule has 0 radical (unpaired) electrons. The number of thiazole rings is 1. The second kappa shape index (κ2) is 8.07. The van der Waals surface area contributed by atoms with Gasteiger partial charge in [0.05, 0.1) is 12.0 Å². The third-order valence-electron chi connectivity index (χ3n) is 3.43. The van der Waals surface area contributed by atoms with Crippen molar-refractivity contribution in [3.8, 4) is 5.75 Å². The molecule has 2 aromatic carbocycles. The van der Waals surface area contributed by atoms with Gasteiger partial charge in [0.2, 0.25) is 0 Å². The number of anilines is 2. The fourth-order valence-corrected chi connectivity index (χ4v) is 4.29. The number of carbonyl (C=O) groups is 1. The molecule has 0 bridgehead atoms. The number of aromatic nitrogens is 1. The van der Waals surface area contributed by atoms with E-state index in [2.05, 4.69) is 31.0 Å². The summed E-state index contributed by atoms with van der Waals surface area (Å²) in [4.78, 5) is 16.4. The van der Waals surface area contributed by atoms with E-state index in [1.807, 2.05) is 0 Å². The summed E-state index contributed by atoms with van der Waals surface area (Å²) >= 11 is 4.35. The Morgan fingerprint density at radius 1 is 1.11 bits per heavy atom. The summed E-state index contributed by atoms with van der Waals surface area (Å²) in [5.74, 6) is 0.124. The highest BCUT2D eigenvalue weighted by Crippen LogP contribution is 2.22. The molecule has 1 amide bonds. The number of hydrogen-bond acceptors (Lipinski definition) is 6. The van der Waals surface area contributed by atoms with E-state index in [9.17, 15) is 13.2 Å². The van der Waals surface area contributed by atoms with Crippen LogP contribution in [0.5, 0.6) is 5.75 Å². The predicted octanol–water partition coefficient (Wildman–Crippen LogP) is 3.97. The van der Waals surface area contributed by atoms with Gasteiger partial charge in [-0.3, -0.25) is 9.52 Å². The smallest absolute Gasteiger partial charge is 0.275 e. The molecule has 0 aliphatic rings. The van der Waals surface area contributed by atoms with Crippen LogP contribution in [0.1, 0.15) is 10.5 Å². The third kappa shape index (κ3) is 4.85. The van der Waals surface area contributed by atoms with Crippen molar-refractivity contribution in [2.24, 2.45) is 0 Å². The van der Waals surface area contributed by atoms with Gasteiger partial charge in [0.25, 0.3) is 15.9 Å². The lowest BCUT2D eigenvalue weighted by Crippen LogP contribution is -2.14. The molecule has 0 saturated carbocycles. The molecule has 2 N–H and O–H groups in total. The quantitative estimate of drug-likeness (QED) is 0.571. The van der Waals surface area contributed by atoms with Crippen molar-refractivity contribution >= 4 is 54.0 Å². The lowest BCUT2D eigenvalue weighted by molar-refractivity contribution is 0.102. The summed E-state index contributed by atoms with van der Waals surface area (Å²) in [6, 6.07) is 13.0. The summed E-state index contributed by atoms with van der Waals surface area (Å²) < 4.78 is 33.1. The van der Waals surface area contributed by atoms with E-state index in [-0.39, 0.29) is 15.7 Å². The van der Waals surface area contributed by atoms with E-state index >= 15 is 0 Å². The van der Waals surface area contributed by atoms with E-state index in [1.54, 1.807) is 36.4 Å². The number of carbonyl (C=O) groups excluding carboxylic acids is 1. The minimum absolute atomic E-state index is 0.0689. The molecule has 0 atom stereocenters. The van der Waals surface area contributed by atoms with Gasteiger partial charge >= 0.3 is 0 Å². The van der Waals surface area contributed by atoms with Crippen molar-refractivity contribution in [2.75, 3.05) is 17.1 Å². The zero-order valence-corrected chi connectivity index (χ0v) is 17.2. The molecular weight excluding hydrogens is 454 g/mol. The minimum Gasteiger partial charge on any atom is -0.497 e. The number of nitrogens with one attached hydrogen (secondary N) is 2. The summed E-state index contributed by atoms with van der Waals surface area (Å²) in [5, 5.41) is 4.29. The summed E-state index contributed by atoms with van der Waals surface area (Å²) in [6.07, 6.45) is 0. The van der Waals surface area contributed by atoms with E-state index in [0.717, 1.165) is 15.8 Å². The first-order valence-corrected chi connectivity index (χ1v) is 10.7. The summed E-state index contributed by atoms with van der Waals surface area (Å²) in [5.41, 5.74) is 0.729. The van der Waals surface area contributed by atoms with Gasteiger partial charge < -0.3 is 10.1 Å². The Hall–Kier alpha value is -2.43. The maximum absolute atomic E-state index is 12.4. The Bertz CT molecular complexity index is 1050. The SMILES string of the molecule is COc1ccc(S(=O)(=O)Nc2nc(C(=O)Nc3ccc(Br)cc3)cs2)cc1. The second-order valence-corrected chi connectivity index (χ2v) is 8.74. The Morgan fingerprint density at radius 2 is 1.78 bits per heavy atom. The van der Waals surface area contributed by atoms with Gasteiger partial charge in [0.1, 0.15) is 11.4 Å². The number of ether oxygens (including phenoxy) is 1. The van der Waals surface area contributed by atoms with E-state index in [0.29, 0.717) is 11.4 Å². The Kier molecular flexibility index (Phi) is 5.78. The molecule has 0 unspecified atom stereocenters. The molecule has 0 saturated heterocycles. The van der Waals surface area contributed by atoms with Gasteiger partial charge in [-0.25, -0.2) is 13.4 Å². The second-order valence-electron chi connectivity index (χ2n) is 5.28. The zero-order chi connectivity index (χ0) is 19.4. The normalized spacial score (nSPS) is 11.0. The maximum atomic E-state index is 12.4. The molecule has 0 aliphatic carbocycles. The number of rotatable bonds is 6. The average molecular weight is 468 g/mol. The predicted molar refractivity (Wildman–Crippen MR) is 108 cm³/mol. The summed E-state index contributed by atoms with van der Waals surface area (Å²) in [6.45, 7) is 0. The number of nitrogens with zero attached hydrogens (tertiary/aromatic N) is 1. The molecule has 3 aromatic rings. The molecule has 1 heterocycles. The van der Waals surface area contributed by atoms with Gasteiger partial charge in [0.15, 0.2) is 5.13 Å². The van der Waals surface area contributed by atoms with Crippen LogP contribution in [0.2, 0.25) is 0 Å². The molecule has 3 rings (SSSR count). The first-order valence-electron chi connectivity index (χ1n) is 7.57. The lowest BCUT2D eigenvalue weighted by Gasteiger charge is -2.06. The molecule has 10 heteroatoms. The molecule has 1 aromatic heterocycles. The van der Waals surface area contributed by atoms with E-state index < -0.39 is 15.9 Å². The standard InChI is InChI=1S/C17H14BrN3O4S2/c1-25-13-6-8-14(9-7-13)27(23,24)21-17-20-15(10-26-17)16(22)19-12-4-2-11(18)3-5-12/h2-10H,1H3,(H,19,22)(H,20,21). The first kappa shape index (κ1) is 19.3. The van der Waals surface area contributed by atoms with Gasteiger partial charge in [-0.05, 0) is 48.5 Å². The Balaban J connectivity index is 1.70. The minimum atomic E-state index is -3.81. The van der Waals surface area contributed by atoms with Gasteiger partial charge in [-0.1, -0.05) is 15.9 Å². The van der Waals surface area contributed by atoms with Crippen LogP contribution < -0.4 is 14.8 Å². The molecule has 0 aliphatic heterocycles. The molecule has 7 nitrogen and oxygen atoms in total. The number of methoxy groups -OCH3 is 1. The van der Waals surface area contributed by atoms with Crippen LogP contribution in [-0.2, 0) is 10.0 Å². The van der Waals surface area contributed by atoms with Crippen molar-refractivity contribution in [3.63, 3.8) is 0 Å². The highest BCUT2D eigenvalue weighted by Gasteiger charge is 2.18. The number of benzene rings is 2. The fraction of sp³-hybridized carbons (Fsp3) is 0.0588. The van der Waals surface area contributed by atoms with Crippen molar-refractivity contribution in [3.05, 3.63) is 64.1 Å². The number of sulfonamides is 1. The third-order valence-corrected chi connectivity index (χ3v) is 6.20. The van der Waals surface area contributed by atoms with E-state index in [1.165, 1.54) is 24.6 Å². The number of amides is 1. The van der Waals surface area contributed by atoms with Crippen LogP contribution in [0.25, 0.3) is 0 Å². The van der Waals surface area contributed by atoms with Crippen LogP contribution in [-0.4, -0.2) is 26.4 Å². The molecule has 0 fully saturated rings. The topological polar surface area (TPSA) is 97.4 Å². The van der Waals surface area contributed by atoms with Crippen LogP contribution in [0.15, 0.2) is 63.3 Å². The van der Waals surface area contributed by atoms with Gasteiger partial charge in [-0.2, -0.15) is 0 Å². The molecular formula is C17H14BrN3O4S2. The average Bonchev–Trinajstić information content (AvgIpc) is 3.11. The Morgan fingerprint density at radius 3 is 2.41 bits per heavy atom. The largest absolute Gasteiger partial charge is 0.497 e. The molecule has 27 heavy (non-hydrogen) atoms. The van der Waals surface area contributed by atoms with Crippen molar-refractivity contribution in [2.45, 2.75) is 4.90 Å². The maximum Gasteiger partial charge on any atom is 0.275 e. The highest BCUT2D eigenvalue weighted by atomic mass is 79.9. The van der Waals surface area contributed by atoms with Crippen LogP contribution >= 0.6 is 27.3 Å². The summed E-state index contributed by atoms with van der Waals surface area (Å²) in [7, 11) is -2.31. The number of halogens is 1. The van der Waals surface area contributed by atoms with Crippen molar-refractivity contribution in [1.82, 2.24) is 4.98 Å². The lowest BCUT2D eigenvalue weighted by atomic mass is 10.3. The first-order chi connectivity index (χ1) is 12.9. The van der Waals surface area contributed by atoms with Crippen molar-refractivity contribution < 1.29 is 17.9 Å². The van der Waals surface area contributed by atoms with Gasteiger partial charge in [-0.15, -0.1) is 11.3 Å². The highest BCUT2D eigenvalue weighted by molar-refractivity contribution is 9.10. The number of hydrogen-bond donors (Lipinski definition) is 2. The van der Waals surface area contributed by atoms with Crippen molar-refractivity contribution in [1.29, 1.82) is 0 Å². The van der Waals surface area contributed by atoms with E-state index in [4.69, 9.17) is 4.74 Å². The molecule has 0 spiro atoms. The Labute approximate surface area is 168 Å². The molecule has 140 valence electrons. The fourth-order valence-electron chi connectivity index (χ4n) is 2.08.